The third kappa shape index (κ3) is 4.01. The van der Waals surface area contributed by atoms with Crippen molar-refractivity contribution in [3.05, 3.63) is 29.8 Å². The molecule has 3 aliphatic rings. The van der Waals surface area contributed by atoms with Crippen molar-refractivity contribution in [2.45, 2.75) is 44.2 Å². The predicted octanol–water partition coefficient (Wildman–Crippen LogP) is 1.68. The summed E-state index contributed by atoms with van der Waals surface area (Å²) in [6, 6.07) is 8.29. The topological polar surface area (TPSA) is 78.9 Å². The first-order chi connectivity index (χ1) is 12.6. The summed E-state index contributed by atoms with van der Waals surface area (Å²) in [5.74, 6) is 0.684. The van der Waals surface area contributed by atoms with Gasteiger partial charge in [0.1, 0.15) is 12.4 Å². The molecule has 26 heavy (non-hydrogen) atoms. The normalized spacial score (nSPS) is 27.2. The van der Waals surface area contributed by atoms with Crippen molar-refractivity contribution in [2.75, 3.05) is 19.7 Å². The van der Waals surface area contributed by atoms with Crippen LogP contribution in [0, 0.1) is 11.8 Å². The van der Waals surface area contributed by atoms with Gasteiger partial charge in [0.05, 0.1) is 12.5 Å². The number of amides is 1. The number of ether oxygens (including phenoxy) is 1. The first kappa shape index (κ1) is 17.3. The minimum atomic E-state index is -0.767. The van der Waals surface area contributed by atoms with E-state index in [9.17, 15) is 9.59 Å². The van der Waals surface area contributed by atoms with E-state index in [-0.39, 0.29) is 30.5 Å². The van der Waals surface area contributed by atoms with Crippen LogP contribution < -0.4 is 10.1 Å². The lowest BCUT2D eigenvalue weighted by Crippen LogP contribution is -2.56. The molecule has 0 aromatic heterocycles. The van der Waals surface area contributed by atoms with Gasteiger partial charge in [0, 0.05) is 18.6 Å². The summed E-state index contributed by atoms with van der Waals surface area (Å²) in [6.45, 7) is 1.41. The minimum absolute atomic E-state index is 0.0509. The smallest absolute Gasteiger partial charge is 0.317 e. The number of hydrogen-bond donors (Lipinski definition) is 2. The molecule has 4 rings (SSSR count). The van der Waals surface area contributed by atoms with Crippen LogP contribution in [0.3, 0.4) is 0 Å². The highest BCUT2D eigenvalue weighted by Gasteiger charge is 2.38. The summed E-state index contributed by atoms with van der Waals surface area (Å²) in [5.41, 5.74) is 1.09. The second kappa shape index (κ2) is 7.27. The Kier molecular flexibility index (Phi) is 4.85. The molecule has 2 saturated carbocycles. The van der Waals surface area contributed by atoms with Gasteiger partial charge in [-0.3, -0.25) is 14.5 Å². The minimum Gasteiger partial charge on any atom is -0.492 e. The summed E-state index contributed by atoms with van der Waals surface area (Å²) < 4.78 is 5.71. The number of fused-ring (bicyclic) bond motifs is 1. The Hall–Kier alpha value is -2.08. The van der Waals surface area contributed by atoms with Crippen molar-refractivity contribution in [1.29, 1.82) is 0 Å². The molecular formula is C20H26N2O4. The maximum Gasteiger partial charge on any atom is 0.317 e. The molecule has 6 heteroatoms. The van der Waals surface area contributed by atoms with E-state index in [1.165, 1.54) is 12.8 Å². The zero-order valence-corrected chi connectivity index (χ0v) is 14.9. The molecule has 1 aromatic carbocycles. The number of carbonyl (C=O) groups excluding carboxylic acids is 1. The van der Waals surface area contributed by atoms with E-state index in [0.717, 1.165) is 30.7 Å². The Morgan fingerprint density at radius 3 is 2.73 bits per heavy atom. The van der Waals surface area contributed by atoms with Gasteiger partial charge < -0.3 is 15.2 Å². The Morgan fingerprint density at radius 2 is 2.00 bits per heavy atom. The van der Waals surface area contributed by atoms with Gasteiger partial charge in [0.15, 0.2) is 0 Å². The van der Waals surface area contributed by atoms with E-state index < -0.39 is 5.97 Å². The summed E-state index contributed by atoms with van der Waals surface area (Å²) >= 11 is 0. The van der Waals surface area contributed by atoms with Gasteiger partial charge in [-0.05, 0) is 49.7 Å². The number of carbonyl (C=O) groups is 2. The van der Waals surface area contributed by atoms with Crippen LogP contribution in [0.25, 0.3) is 0 Å². The van der Waals surface area contributed by atoms with Crippen molar-refractivity contribution < 1.29 is 19.4 Å². The number of hydrogen-bond acceptors (Lipinski definition) is 4. The second-order valence-electron chi connectivity index (χ2n) is 7.92. The highest BCUT2D eigenvalue weighted by molar-refractivity contribution is 5.80. The Bertz CT molecular complexity index is 682. The lowest BCUT2D eigenvalue weighted by Gasteiger charge is -2.43. The molecule has 1 unspecified atom stereocenters. The molecule has 1 heterocycles. The molecule has 1 atom stereocenters. The summed E-state index contributed by atoms with van der Waals surface area (Å²) in [6.07, 6.45) is 4.83. The fourth-order valence-corrected chi connectivity index (χ4v) is 3.97. The Balaban J connectivity index is 1.25. The zero-order chi connectivity index (χ0) is 18.1. The molecular weight excluding hydrogens is 332 g/mol. The van der Waals surface area contributed by atoms with E-state index in [1.807, 2.05) is 24.3 Å². The number of nitrogens with one attached hydrogen (secondary N) is 1. The maximum absolute atomic E-state index is 12.6. The molecule has 0 saturated heterocycles. The Labute approximate surface area is 153 Å². The van der Waals surface area contributed by atoms with Crippen molar-refractivity contribution >= 4 is 11.9 Å². The van der Waals surface area contributed by atoms with Gasteiger partial charge >= 0.3 is 5.97 Å². The van der Waals surface area contributed by atoms with Crippen LogP contribution in [0.2, 0.25) is 0 Å². The molecule has 1 aromatic rings. The van der Waals surface area contributed by atoms with E-state index in [4.69, 9.17) is 9.84 Å². The number of benzene rings is 1. The quantitative estimate of drug-likeness (QED) is 0.775. The molecule has 1 aliphatic heterocycles. The zero-order valence-electron chi connectivity index (χ0n) is 14.9. The molecule has 1 amide bonds. The summed E-state index contributed by atoms with van der Waals surface area (Å²) in [7, 11) is 0. The lowest BCUT2D eigenvalue weighted by molar-refractivity contribution is -0.140. The summed E-state index contributed by atoms with van der Waals surface area (Å²) in [5, 5.41) is 12.3. The molecule has 6 nitrogen and oxygen atoms in total. The van der Waals surface area contributed by atoms with Gasteiger partial charge in [-0.25, -0.2) is 0 Å². The highest BCUT2D eigenvalue weighted by Crippen LogP contribution is 2.34. The van der Waals surface area contributed by atoms with Crippen molar-refractivity contribution in [2.24, 2.45) is 11.8 Å². The van der Waals surface area contributed by atoms with Crippen LogP contribution in [-0.4, -0.2) is 53.7 Å². The monoisotopic (exact) mass is 358 g/mol. The van der Waals surface area contributed by atoms with Crippen molar-refractivity contribution in [3.8, 4) is 5.75 Å². The van der Waals surface area contributed by atoms with Crippen LogP contribution in [0.15, 0.2) is 24.3 Å². The van der Waals surface area contributed by atoms with Crippen LogP contribution in [0.4, 0.5) is 0 Å². The average Bonchev–Trinajstić information content (AvgIpc) is 3.40. The van der Waals surface area contributed by atoms with E-state index >= 15 is 0 Å². The molecule has 0 spiro atoms. The number of carboxylic acids is 1. The van der Waals surface area contributed by atoms with Crippen LogP contribution in [0.1, 0.15) is 31.2 Å². The number of rotatable bonds is 7. The maximum atomic E-state index is 12.6. The van der Waals surface area contributed by atoms with Crippen LogP contribution in [0.5, 0.6) is 5.75 Å². The third-order valence-corrected chi connectivity index (χ3v) is 5.75. The van der Waals surface area contributed by atoms with Gasteiger partial charge in [0.2, 0.25) is 5.91 Å². The highest BCUT2D eigenvalue weighted by atomic mass is 16.5. The van der Waals surface area contributed by atoms with Gasteiger partial charge in [-0.1, -0.05) is 18.2 Å². The van der Waals surface area contributed by atoms with Gasteiger partial charge in [-0.2, -0.15) is 0 Å². The first-order valence-electron chi connectivity index (χ1n) is 9.55. The predicted molar refractivity (Wildman–Crippen MR) is 96.0 cm³/mol. The molecule has 0 bridgehead atoms. The van der Waals surface area contributed by atoms with E-state index in [1.54, 1.807) is 0 Å². The fourth-order valence-electron chi connectivity index (χ4n) is 3.97. The van der Waals surface area contributed by atoms with Crippen LogP contribution >= 0.6 is 0 Å². The number of para-hydroxylation sites is 1. The van der Waals surface area contributed by atoms with Crippen molar-refractivity contribution in [3.63, 3.8) is 0 Å². The first-order valence-corrected chi connectivity index (χ1v) is 9.55. The van der Waals surface area contributed by atoms with E-state index in [0.29, 0.717) is 18.9 Å². The second-order valence-corrected chi connectivity index (χ2v) is 7.92. The molecule has 2 fully saturated rings. The average molecular weight is 358 g/mol. The SMILES string of the molecule is O=C(O)CN(CC1CC1)C1CC(NC(=O)C2COc3ccccc3C2)C1. The van der Waals surface area contributed by atoms with Crippen molar-refractivity contribution in [1.82, 2.24) is 10.2 Å². The number of carboxylic acid groups (broad SMARTS) is 1. The summed E-state index contributed by atoms with van der Waals surface area (Å²) in [4.78, 5) is 25.7. The molecule has 2 aliphatic carbocycles. The third-order valence-electron chi connectivity index (χ3n) is 5.75. The van der Waals surface area contributed by atoms with Gasteiger partial charge in [-0.15, -0.1) is 0 Å². The standard InChI is InChI=1S/C20H26N2O4/c23-19(24)11-22(10-13-5-6-13)17-8-16(9-17)21-20(25)15-7-14-3-1-2-4-18(14)26-12-15/h1-4,13,15-17H,5-12H2,(H,21,25)(H,23,24). The Morgan fingerprint density at radius 1 is 1.23 bits per heavy atom. The van der Waals surface area contributed by atoms with Crippen LogP contribution in [-0.2, 0) is 16.0 Å². The number of nitrogens with zero attached hydrogens (tertiary/aromatic N) is 1. The molecule has 0 radical (unpaired) electrons. The molecule has 2 N–H and O–H groups in total. The van der Waals surface area contributed by atoms with E-state index in [2.05, 4.69) is 10.2 Å². The number of aliphatic carboxylic acids is 1. The largest absolute Gasteiger partial charge is 0.492 e. The molecule has 140 valence electrons. The fraction of sp³-hybridized carbons (Fsp3) is 0.600. The van der Waals surface area contributed by atoms with Gasteiger partial charge in [0.25, 0.3) is 0 Å². The lowest BCUT2D eigenvalue weighted by atomic mass is 9.84.